The Kier molecular flexibility index (Phi) is 5.10. The minimum Gasteiger partial charge on any atom is -0.437 e. The smallest absolute Gasteiger partial charge is 0.227 e. The van der Waals surface area contributed by atoms with Crippen LogP contribution in [0.3, 0.4) is 0 Å². The fraction of sp³-hybridized carbons (Fsp3) is 0. The number of hydrogen-bond donors (Lipinski definition) is 0. The Hall–Kier alpha value is -3.96. The van der Waals surface area contributed by atoms with E-state index >= 15 is 0 Å². The van der Waals surface area contributed by atoms with Crippen LogP contribution >= 0.6 is 22.6 Å². The number of furan rings is 1. The van der Waals surface area contributed by atoms with Crippen LogP contribution in [-0.2, 0) is 0 Å². The normalized spacial score (nSPS) is 11.5. The van der Waals surface area contributed by atoms with Gasteiger partial charge in [0.1, 0.15) is 5.58 Å². The fourth-order valence-electron chi connectivity index (χ4n) is 4.95. The molecule has 3 heteroatoms. The molecule has 7 rings (SSSR count). The average Bonchev–Trinajstić information content (AvgIpc) is 3.32. The van der Waals surface area contributed by atoms with Crippen LogP contribution in [0.4, 0.5) is 0 Å². The van der Waals surface area contributed by atoms with E-state index in [4.69, 9.17) is 4.42 Å². The van der Waals surface area contributed by atoms with Crippen molar-refractivity contribution in [1.29, 1.82) is 0 Å². The summed E-state index contributed by atoms with van der Waals surface area (Å²) in [5, 5.41) is 4.63. The molecule has 0 N–H and O–H groups in total. The van der Waals surface area contributed by atoms with Crippen molar-refractivity contribution in [2.75, 3.05) is 0 Å². The maximum Gasteiger partial charge on any atom is 0.227 e. The van der Waals surface area contributed by atoms with E-state index in [0.29, 0.717) is 5.71 Å². The summed E-state index contributed by atoms with van der Waals surface area (Å²) in [5.41, 5.74) is 8.66. The zero-order valence-electron chi connectivity index (χ0n) is 19.3. The molecule has 0 aliphatic rings. The Labute approximate surface area is 222 Å². The number of nitrogens with zero attached hydrogens (tertiary/aromatic N) is 1. The van der Waals surface area contributed by atoms with Gasteiger partial charge in [0.15, 0.2) is 0 Å². The lowest BCUT2D eigenvalue weighted by Crippen LogP contribution is -1.83. The summed E-state index contributed by atoms with van der Waals surface area (Å²) >= 11 is 2.34. The number of fused-ring (bicyclic) bond motifs is 4. The first-order valence-electron chi connectivity index (χ1n) is 11.9. The van der Waals surface area contributed by atoms with Gasteiger partial charge in [-0.1, -0.05) is 78.9 Å². The lowest BCUT2D eigenvalue weighted by atomic mass is 9.96. The van der Waals surface area contributed by atoms with Gasteiger partial charge in [0, 0.05) is 26.1 Å². The molecule has 0 aliphatic carbocycles. The molecule has 5 aromatic carbocycles. The molecule has 2 aromatic heterocycles. The van der Waals surface area contributed by atoms with E-state index in [2.05, 4.69) is 137 Å². The first-order chi connectivity index (χ1) is 17.7. The topological polar surface area (TPSA) is 26.0 Å². The van der Waals surface area contributed by atoms with Crippen LogP contribution in [0.25, 0.3) is 66.2 Å². The van der Waals surface area contributed by atoms with Gasteiger partial charge in [-0.15, -0.1) is 0 Å². The third kappa shape index (κ3) is 3.67. The maximum absolute atomic E-state index is 6.14. The molecule has 2 nitrogen and oxygen atoms in total. The zero-order valence-corrected chi connectivity index (χ0v) is 21.4. The molecule has 0 saturated heterocycles. The summed E-state index contributed by atoms with van der Waals surface area (Å²) in [4.78, 5) is 4.39. The van der Waals surface area contributed by atoms with Crippen molar-refractivity contribution in [1.82, 2.24) is 4.98 Å². The summed E-state index contributed by atoms with van der Waals surface area (Å²) < 4.78 is 7.39. The molecule has 7 aromatic rings. The minimum atomic E-state index is 0.679. The van der Waals surface area contributed by atoms with Crippen LogP contribution < -0.4 is 0 Å². The first-order valence-corrected chi connectivity index (χ1v) is 13.0. The summed E-state index contributed by atoms with van der Waals surface area (Å²) in [7, 11) is 0. The Bertz CT molecular complexity index is 1880. The van der Waals surface area contributed by atoms with E-state index < -0.39 is 0 Å². The van der Waals surface area contributed by atoms with E-state index in [0.717, 1.165) is 27.5 Å². The van der Waals surface area contributed by atoms with Crippen molar-refractivity contribution >= 4 is 55.4 Å². The predicted octanol–water partition coefficient (Wildman–Crippen LogP) is 9.74. The van der Waals surface area contributed by atoms with Crippen LogP contribution in [0, 0.1) is 3.57 Å². The van der Waals surface area contributed by atoms with Crippen LogP contribution in [0.15, 0.2) is 126 Å². The maximum atomic E-state index is 6.14. The highest BCUT2D eigenvalue weighted by molar-refractivity contribution is 14.1. The Morgan fingerprint density at radius 2 is 1.11 bits per heavy atom. The van der Waals surface area contributed by atoms with Crippen molar-refractivity contribution in [2.24, 2.45) is 0 Å². The number of hydrogen-bond acceptors (Lipinski definition) is 2. The molecule has 0 bridgehead atoms. The quantitative estimate of drug-likeness (QED) is 0.197. The van der Waals surface area contributed by atoms with Crippen LogP contribution in [0.5, 0.6) is 0 Å². The molecule has 0 spiro atoms. The molecule has 170 valence electrons. The van der Waals surface area contributed by atoms with Gasteiger partial charge in [-0.05, 0) is 97.6 Å². The second-order valence-corrected chi connectivity index (χ2v) is 10.2. The number of benzene rings is 5. The van der Waals surface area contributed by atoms with E-state index in [-0.39, 0.29) is 0 Å². The van der Waals surface area contributed by atoms with Crippen molar-refractivity contribution in [3.63, 3.8) is 0 Å². The molecule has 0 atom stereocenters. The SMILES string of the molecule is Ic1ccc(-c2ccc3cc(-c4ccc(-c5cccc6c5oc5ncccc56)cc4)ccc3c2)cc1. The highest BCUT2D eigenvalue weighted by atomic mass is 127. The number of halogens is 1. The van der Waals surface area contributed by atoms with E-state index in [1.807, 2.05) is 6.07 Å². The Morgan fingerprint density at radius 1 is 0.528 bits per heavy atom. The monoisotopic (exact) mass is 573 g/mol. The van der Waals surface area contributed by atoms with Gasteiger partial charge < -0.3 is 4.42 Å². The standard InChI is InChI=1S/C33H20INO/c34-28-16-14-22(15-17-28)25-11-13-26-19-24(10-12-27(26)20-25)21-6-8-23(9-7-21)29-3-1-4-30-31-5-2-18-35-33(31)36-32(29)30/h1-20H. The average molecular weight is 573 g/mol. The van der Waals surface area contributed by atoms with E-state index in [9.17, 15) is 0 Å². The fourth-order valence-corrected chi connectivity index (χ4v) is 5.31. The summed E-state index contributed by atoms with van der Waals surface area (Å²) in [6.07, 6.45) is 1.77. The van der Waals surface area contributed by atoms with E-state index in [1.54, 1.807) is 6.20 Å². The third-order valence-electron chi connectivity index (χ3n) is 6.82. The predicted molar refractivity (Wildman–Crippen MR) is 158 cm³/mol. The second kappa shape index (κ2) is 8.61. The lowest BCUT2D eigenvalue weighted by Gasteiger charge is -2.09. The lowest BCUT2D eigenvalue weighted by molar-refractivity contribution is 0.655. The Balaban J connectivity index is 1.23. The molecule has 0 amide bonds. The number of rotatable bonds is 3. The highest BCUT2D eigenvalue weighted by Crippen LogP contribution is 2.36. The van der Waals surface area contributed by atoms with Gasteiger partial charge in [0.05, 0.1) is 0 Å². The third-order valence-corrected chi connectivity index (χ3v) is 7.54. The molecule has 0 fully saturated rings. The van der Waals surface area contributed by atoms with Crippen LogP contribution in [0.1, 0.15) is 0 Å². The highest BCUT2D eigenvalue weighted by Gasteiger charge is 2.12. The largest absolute Gasteiger partial charge is 0.437 e. The van der Waals surface area contributed by atoms with Gasteiger partial charge in [-0.2, -0.15) is 0 Å². The van der Waals surface area contributed by atoms with Gasteiger partial charge in [0.2, 0.25) is 5.71 Å². The molecule has 36 heavy (non-hydrogen) atoms. The van der Waals surface area contributed by atoms with Crippen molar-refractivity contribution in [3.05, 3.63) is 125 Å². The first kappa shape index (κ1) is 21.3. The molecule has 2 heterocycles. The summed E-state index contributed by atoms with van der Waals surface area (Å²) in [6.45, 7) is 0. The second-order valence-electron chi connectivity index (χ2n) is 9.00. The molecular weight excluding hydrogens is 553 g/mol. The minimum absolute atomic E-state index is 0.679. The Morgan fingerprint density at radius 3 is 1.81 bits per heavy atom. The van der Waals surface area contributed by atoms with Crippen molar-refractivity contribution in [3.8, 4) is 33.4 Å². The van der Waals surface area contributed by atoms with Crippen molar-refractivity contribution in [2.45, 2.75) is 0 Å². The van der Waals surface area contributed by atoms with Gasteiger partial charge in [0.25, 0.3) is 0 Å². The van der Waals surface area contributed by atoms with Crippen LogP contribution in [0.2, 0.25) is 0 Å². The van der Waals surface area contributed by atoms with Crippen LogP contribution in [-0.4, -0.2) is 4.98 Å². The summed E-state index contributed by atoms with van der Waals surface area (Å²) in [5.74, 6) is 0. The number of aromatic nitrogens is 1. The number of pyridine rings is 1. The molecule has 0 aliphatic heterocycles. The molecular formula is C33H20INO. The molecule has 0 unspecified atom stereocenters. The van der Waals surface area contributed by atoms with Crippen molar-refractivity contribution < 1.29 is 4.42 Å². The zero-order chi connectivity index (χ0) is 24.1. The number of para-hydroxylation sites is 1. The van der Waals surface area contributed by atoms with Gasteiger partial charge in [-0.25, -0.2) is 4.98 Å². The van der Waals surface area contributed by atoms with Gasteiger partial charge in [-0.3, -0.25) is 0 Å². The van der Waals surface area contributed by atoms with E-state index in [1.165, 1.54) is 36.6 Å². The molecule has 0 saturated carbocycles. The molecule has 0 radical (unpaired) electrons. The van der Waals surface area contributed by atoms with Gasteiger partial charge >= 0.3 is 0 Å². The summed E-state index contributed by atoms with van der Waals surface area (Å²) in [6, 6.07) is 41.1.